The van der Waals surface area contributed by atoms with Crippen molar-refractivity contribution in [2.45, 2.75) is 19.4 Å². The number of aryl methyl sites for hydroxylation is 1. The van der Waals surface area contributed by atoms with Gasteiger partial charge in [-0.15, -0.1) is 10.2 Å². The minimum Gasteiger partial charge on any atom is -0.352 e. The molecule has 1 aromatic heterocycles. The summed E-state index contributed by atoms with van der Waals surface area (Å²) >= 11 is 0. The number of amides is 1. The number of nitrogens with one attached hydrogen (secondary N) is 2. The van der Waals surface area contributed by atoms with E-state index in [0.717, 1.165) is 12.0 Å². The van der Waals surface area contributed by atoms with Crippen LogP contribution in [0.25, 0.3) is 0 Å². The molecule has 0 unspecified atom stereocenters. The van der Waals surface area contributed by atoms with Crippen LogP contribution in [-0.4, -0.2) is 33.1 Å². The molecule has 0 aliphatic carbocycles. The molecule has 2 rings (SSSR count). The molecule has 1 amide bonds. The second kappa shape index (κ2) is 6.60. The van der Waals surface area contributed by atoms with Crippen molar-refractivity contribution in [3.8, 4) is 0 Å². The first-order chi connectivity index (χ1) is 9.29. The molecule has 0 fully saturated rings. The minimum atomic E-state index is -0.0864. The Morgan fingerprint density at radius 1 is 1.32 bits per heavy atom. The Bertz CT molecular complexity index is 508. The van der Waals surface area contributed by atoms with E-state index in [1.54, 1.807) is 12.1 Å². The van der Waals surface area contributed by atoms with E-state index >= 15 is 0 Å². The standard InChI is InChI=1S/C12H16N6O/c13-8-9-3-5-10(6-4-9)12(19)14-7-1-2-11-15-17-18-16-11/h3-6H,1-2,7-8,13H2,(H,14,19)(H,15,16,17,18). The lowest BCUT2D eigenvalue weighted by molar-refractivity contribution is 0.0953. The first-order valence-corrected chi connectivity index (χ1v) is 6.09. The average molecular weight is 260 g/mol. The van der Waals surface area contributed by atoms with Gasteiger partial charge in [-0.05, 0) is 24.1 Å². The topological polar surface area (TPSA) is 110 Å². The van der Waals surface area contributed by atoms with Gasteiger partial charge in [-0.1, -0.05) is 17.3 Å². The number of hydrogen-bond donors (Lipinski definition) is 3. The number of aromatic amines is 1. The number of nitrogens with two attached hydrogens (primary N) is 1. The summed E-state index contributed by atoms with van der Waals surface area (Å²) in [7, 11) is 0. The van der Waals surface area contributed by atoms with Gasteiger partial charge < -0.3 is 11.1 Å². The first kappa shape index (κ1) is 13.2. The summed E-state index contributed by atoms with van der Waals surface area (Å²) in [5, 5.41) is 16.4. The van der Waals surface area contributed by atoms with Crippen molar-refractivity contribution < 1.29 is 4.79 Å². The van der Waals surface area contributed by atoms with E-state index in [4.69, 9.17) is 5.73 Å². The molecule has 2 aromatic rings. The van der Waals surface area contributed by atoms with Gasteiger partial charge in [-0.2, -0.15) is 5.21 Å². The molecule has 4 N–H and O–H groups in total. The maximum absolute atomic E-state index is 11.8. The number of aromatic nitrogens is 4. The van der Waals surface area contributed by atoms with Crippen LogP contribution < -0.4 is 11.1 Å². The van der Waals surface area contributed by atoms with Crippen LogP contribution in [0.1, 0.15) is 28.2 Å². The Kier molecular flexibility index (Phi) is 4.57. The van der Waals surface area contributed by atoms with Gasteiger partial charge >= 0.3 is 0 Å². The third kappa shape index (κ3) is 3.85. The molecule has 0 spiro atoms. The van der Waals surface area contributed by atoms with E-state index in [2.05, 4.69) is 25.9 Å². The summed E-state index contributed by atoms with van der Waals surface area (Å²) < 4.78 is 0. The predicted molar refractivity (Wildman–Crippen MR) is 69.2 cm³/mol. The Hall–Kier alpha value is -2.28. The molecule has 0 aliphatic heterocycles. The highest BCUT2D eigenvalue weighted by Gasteiger charge is 2.05. The third-order valence-electron chi connectivity index (χ3n) is 2.70. The number of benzene rings is 1. The van der Waals surface area contributed by atoms with E-state index in [1.807, 2.05) is 12.1 Å². The van der Waals surface area contributed by atoms with Crippen molar-refractivity contribution >= 4 is 5.91 Å². The molecule has 7 nitrogen and oxygen atoms in total. The fourth-order valence-electron chi connectivity index (χ4n) is 1.63. The summed E-state index contributed by atoms with van der Waals surface area (Å²) in [6.07, 6.45) is 1.45. The highest BCUT2D eigenvalue weighted by Crippen LogP contribution is 2.03. The summed E-state index contributed by atoms with van der Waals surface area (Å²) in [6, 6.07) is 7.26. The molecule has 0 aliphatic rings. The predicted octanol–water partition coefficient (Wildman–Crippen LogP) is 0.0210. The largest absolute Gasteiger partial charge is 0.352 e. The molecule has 0 saturated carbocycles. The van der Waals surface area contributed by atoms with Crippen LogP contribution in [0.3, 0.4) is 0 Å². The molecular weight excluding hydrogens is 244 g/mol. The molecule has 7 heteroatoms. The van der Waals surface area contributed by atoms with Gasteiger partial charge in [0.05, 0.1) is 0 Å². The third-order valence-corrected chi connectivity index (χ3v) is 2.70. The van der Waals surface area contributed by atoms with Gasteiger partial charge in [0.15, 0.2) is 5.82 Å². The lowest BCUT2D eigenvalue weighted by Gasteiger charge is -2.05. The minimum absolute atomic E-state index is 0.0864. The molecule has 19 heavy (non-hydrogen) atoms. The maximum Gasteiger partial charge on any atom is 0.251 e. The molecule has 0 saturated heterocycles. The van der Waals surface area contributed by atoms with Crippen LogP contribution in [0.15, 0.2) is 24.3 Å². The molecular formula is C12H16N6O. The number of nitrogens with zero attached hydrogens (tertiary/aromatic N) is 3. The molecule has 100 valence electrons. The normalized spacial score (nSPS) is 10.4. The number of rotatable bonds is 6. The van der Waals surface area contributed by atoms with E-state index in [0.29, 0.717) is 30.9 Å². The first-order valence-electron chi connectivity index (χ1n) is 6.09. The number of carbonyl (C=O) groups is 1. The van der Waals surface area contributed by atoms with Crippen molar-refractivity contribution in [3.05, 3.63) is 41.2 Å². The molecule has 0 bridgehead atoms. The van der Waals surface area contributed by atoms with Crippen molar-refractivity contribution in [3.63, 3.8) is 0 Å². The molecule has 0 radical (unpaired) electrons. The Balaban J connectivity index is 1.74. The van der Waals surface area contributed by atoms with Crippen LogP contribution >= 0.6 is 0 Å². The summed E-state index contributed by atoms with van der Waals surface area (Å²) in [6.45, 7) is 1.05. The summed E-state index contributed by atoms with van der Waals surface area (Å²) in [5.41, 5.74) is 7.14. The van der Waals surface area contributed by atoms with Crippen LogP contribution in [0.5, 0.6) is 0 Å². The lowest BCUT2D eigenvalue weighted by Crippen LogP contribution is -2.24. The van der Waals surface area contributed by atoms with Crippen LogP contribution in [0, 0.1) is 0 Å². The highest BCUT2D eigenvalue weighted by atomic mass is 16.1. The van der Waals surface area contributed by atoms with Gasteiger partial charge in [0.2, 0.25) is 0 Å². The number of tetrazole rings is 1. The van der Waals surface area contributed by atoms with Gasteiger partial charge in [0.1, 0.15) is 0 Å². The second-order valence-corrected chi connectivity index (χ2v) is 4.09. The van der Waals surface area contributed by atoms with Gasteiger partial charge in [-0.3, -0.25) is 4.79 Å². The molecule has 0 atom stereocenters. The fraction of sp³-hybridized carbons (Fsp3) is 0.333. The van der Waals surface area contributed by atoms with Crippen LogP contribution in [0.2, 0.25) is 0 Å². The quantitative estimate of drug-likeness (QED) is 0.634. The van der Waals surface area contributed by atoms with E-state index < -0.39 is 0 Å². The Morgan fingerprint density at radius 3 is 2.74 bits per heavy atom. The SMILES string of the molecule is NCc1ccc(C(=O)NCCCc2nn[nH]n2)cc1. The summed E-state index contributed by atoms with van der Waals surface area (Å²) in [4.78, 5) is 11.8. The number of hydrogen-bond acceptors (Lipinski definition) is 5. The number of carbonyl (C=O) groups excluding carboxylic acids is 1. The smallest absolute Gasteiger partial charge is 0.251 e. The fourth-order valence-corrected chi connectivity index (χ4v) is 1.63. The second-order valence-electron chi connectivity index (χ2n) is 4.09. The zero-order valence-electron chi connectivity index (χ0n) is 10.5. The summed E-state index contributed by atoms with van der Waals surface area (Å²) in [5.74, 6) is 0.568. The van der Waals surface area contributed by atoms with E-state index in [1.165, 1.54) is 0 Å². The molecule has 1 heterocycles. The van der Waals surface area contributed by atoms with Crippen molar-refractivity contribution in [2.24, 2.45) is 5.73 Å². The van der Waals surface area contributed by atoms with Crippen LogP contribution in [-0.2, 0) is 13.0 Å². The van der Waals surface area contributed by atoms with Gasteiger partial charge in [0, 0.05) is 25.1 Å². The number of H-pyrrole nitrogens is 1. The molecule has 1 aromatic carbocycles. The lowest BCUT2D eigenvalue weighted by atomic mass is 10.1. The Morgan fingerprint density at radius 2 is 2.11 bits per heavy atom. The van der Waals surface area contributed by atoms with E-state index in [-0.39, 0.29) is 5.91 Å². The van der Waals surface area contributed by atoms with Gasteiger partial charge in [-0.25, -0.2) is 0 Å². The zero-order valence-corrected chi connectivity index (χ0v) is 10.5. The van der Waals surface area contributed by atoms with Crippen molar-refractivity contribution in [2.75, 3.05) is 6.54 Å². The average Bonchev–Trinajstić information content (AvgIpc) is 2.96. The highest BCUT2D eigenvalue weighted by molar-refractivity contribution is 5.94. The van der Waals surface area contributed by atoms with Crippen LogP contribution in [0.4, 0.5) is 0 Å². The zero-order chi connectivity index (χ0) is 13.5. The van der Waals surface area contributed by atoms with Crippen molar-refractivity contribution in [1.82, 2.24) is 25.9 Å². The Labute approximate surface area is 110 Å². The van der Waals surface area contributed by atoms with Gasteiger partial charge in [0.25, 0.3) is 5.91 Å². The monoisotopic (exact) mass is 260 g/mol. The maximum atomic E-state index is 11.8. The van der Waals surface area contributed by atoms with E-state index in [9.17, 15) is 4.79 Å². The van der Waals surface area contributed by atoms with Crippen molar-refractivity contribution in [1.29, 1.82) is 0 Å².